The third-order valence-corrected chi connectivity index (χ3v) is 2.83. The van der Waals surface area contributed by atoms with Gasteiger partial charge in [0.2, 0.25) is 0 Å². The SMILES string of the molecule is CC(C)COC(Cl)CCN1CCCC1. The Kier molecular flexibility index (Phi) is 5.83. The van der Waals surface area contributed by atoms with Gasteiger partial charge in [0.1, 0.15) is 5.56 Å². The molecular formula is C11H22ClNO. The molecule has 14 heavy (non-hydrogen) atoms. The van der Waals surface area contributed by atoms with Crippen molar-refractivity contribution in [3.63, 3.8) is 0 Å². The van der Waals surface area contributed by atoms with Gasteiger partial charge in [0.05, 0.1) is 6.61 Å². The molecule has 1 aliphatic heterocycles. The van der Waals surface area contributed by atoms with Crippen molar-refractivity contribution in [2.75, 3.05) is 26.2 Å². The van der Waals surface area contributed by atoms with Gasteiger partial charge in [-0.05, 0) is 31.8 Å². The van der Waals surface area contributed by atoms with Gasteiger partial charge in [0.25, 0.3) is 0 Å². The predicted octanol–water partition coefficient (Wildman–Crippen LogP) is 2.71. The molecule has 1 fully saturated rings. The van der Waals surface area contributed by atoms with Crippen LogP contribution in [0.1, 0.15) is 33.1 Å². The molecule has 1 rings (SSSR count). The largest absolute Gasteiger partial charge is 0.362 e. The normalized spacial score (nSPS) is 20.6. The summed E-state index contributed by atoms with van der Waals surface area (Å²) in [5.74, 6) is 0.572. The van der Waals surface area contributed by atoms with Crippen molar-refractivity contribution >= 4 is 11.6 Å². The zero-order valence-electron chi connectivity index (χ0n) is 9.34. The van der Waals surface area contributed by atoms with Crippen LogP contribution in [0.3, 0.4) is 0 Å². The molecule has 3 heteroatoms. The van der Waals surface area contributed by atoms with Crippen LogP contribution < -0.4 is 0 Å². The van der Waals surface area contributed by atoms with Crippen LogP contribution >= 0.6 is 11.6 Å². The van der Waals surface area contributed by atoms with Crippen LogP contribution in [-0.2, 0) is 4.74 Å². The second-order valence-electron chi connectivity index (χ2n) is 4.47. The van der Waals surface area contributed by atoms with Crippen molar-refractivity contribution in [3.8, 4) is 0 Å². The highest BCUT2D eigenvalue weighted by molar-refractivity contribution is 6.19. The average molecular weight is 220 g/mol. The third-order valence-electron chi connectivity index (χ3n) is 2.48. The van der Waals surface area contributed by atoms with Gasteiger partial charge in [-0.25, -0.2) is 0 Å². The van der Waals surface area contributed by atoms with E-state index in [0.29, 0.717) is 5.92 Å². The van der Waals surface area contributed by atoms with E-state index in [1.807, 2.05) is 0 Å². The molecule has 0 N–H and O–H groups in total. The maximum atomic E-state index is 6.05. The van der Waals surface area contributed by atoms with Gasteiger partial charge in [-0.1, -0.05) is 25.4 Å². The Morgan fingerprint density at radius 3 is 2.50 bits per heavy atom. The molecule has 0 aromatic carbocycles. The van der Waals surface area contributed by atoms with Gasteiger partial charge < -0.3 is 9.64 Å². The fourth-order valence-corrected chi connectivity index (χ4v) is 1.84. The van der Waals surface area contributed by atoms with Crippen LogP contribution in [0, 0.1) is 5.92 Å². The highest BCUT2D eigenvalue weighted by Gasteiger charge is 2.13. The van der Waals surface area contributed by atoms with E-state index in [1.54, 1.807) is 0 Å². The molecule has 0 aromatic heterocycles. The van der Waals surface area contributed by atoms with E-state index in [0.717, 1.165) is 19.6 Å². The van der Waals surface area contributed by atoms with E-state index in [2.05, 4.69) is 18.7 Å². The van der Waals surface area contributed by atoms with Crippen molar-refractivity contribution in [2.45, 2.75) is 38.7 Å². The molecule has 0 saturated carbocycles. The first-order valence-electron chi connectivity index (χ1n) is 5.66. The average Bonchev–Trinajstić information content (AvgIpc) is 2.63. The Bertz CT molecular complexity index is 146. The second-order valence-corrected chi connectivity index (χ2v) is 4.96. The Balaban J connectivity index is 1.99. The van der Waals surface area contributed by atoms with E-state index in [4.69, 9.17) is 16.3 Å². The smallest absolute Gasteiger partial charge is 0.132 e. The predicted molar refractivity (Wildman–Crippen MR) is 60.7 cm³/mol. The van der Waals surface area contributed by atoms with Crippen LogP contribution in [0.15, 0.2) is 0 Å². The van der Waals surface area contributed by atoms with Gasteiger partial charge in [-0.3, -0.25) is 0 Å². The van der Waals surface area contributed by atoms with Crippen LogP contribution in [0.2, 0.25) is 0 Å². The lowest BCUT2D eigenvalue weighted by Crippen LogP contribution is -2.24. The van der Waals surface area contributed by atoms with Crippen LogP contribution in [-0.4, -0.2) is 36.7 Å². The van der Waals surface area contributed by atoms with Crippen LogP contribution in [0.4, 0.5) is 0 Å². The summed E-state index contributed by atoms with van der Waals surface area (Å²) in [6, 6.07) is 0. The minimum Gasteiger partial charge on any atom is -0.362 e. The number of likely N-dealkylation sites (tertiary alicyclic amines) is 1. The van der Waals surface area contributed by atoms with Crippen molar-refractivity contribution in [3.05, 3.63) is 0 Å². The Hall–Kier alpha value is 0.210. The molecule has 0 aliphatic carbocycles. The Morgan fingerprint density at radius 2 is 1.93 bits per heavy atom. The number of ether oxygens (including phenoxy) is 1. The number of hydrogen-bond donors (Lipinski definition) is 0. The lowest BCUT2D eigenvalue weighted by atomic mass is 10.2. The van der Waals surface area contributed by atoms with E-state index < -0.39 is 0 Å². The van der Waals surface area contributed by atoms with E-state index in [1.165, 1.54) is 25.9 Å². The maximum absolute atomic E-state index is 6.05. The molecule has 0 radical (unpaired) electrons. The molecule has 0 amide bonds. The topological polar surface area (TPSA) is 12.5 Å². The molecule has 1 aliphatic rings. The third kappa shape index (κ3) is 5.18. The zero-order valence-corrected chi connectivity index (χ0v) is 10.1. The fourth-order valence-electron chi connectivity index (χ4n) is 1.67. The lowest BCUT2D eigenvalue weighted by molar-refractivity contribution is 0.0746. The summed E-state index contributed by atoms with van der Waals surface area (Å²) in [7, 11) is 0. The summed E-state index contributed by atoms with van der Waals surface area (Å²) in [6.45, 7) is 8.64. The first kappa shape index (κ1) is 12.3. The van der Waals surface area contributed by atoms with Crippen molar-refractivity contribution in [1.82, 2.24) is 4.90 Å². The monoisotopic (exact) mass is 219 g/mol. The number of alkyl halides is 1. The molecular weight excluding hydrogens is 198 g/mol. The summed E-state index contributed by atoms with van der Waals surface area (Å²) in [5.41, 5.74) is -0.0991. The van der Waals surface area contributed by atoms with Crippen molar-refractivity contribution < 1.29 is 4.74 Å². The van der Waals surface area contributed by atoms with Crippen LogP contribution in [0.25, 0.3) is 0 Å². The summed E-state index contributed by atoms with van der Waals surface area (Å²) < 4.78 is 5.50. The van der Waals surface area contributed by atoms with Gasteiger partial charge in [0, 0.05) is 13.0 Å². The molecule has 84 valence electrons. The molecule has 0 bridgehead atoms. The van der Waals surface area contributed by atoms with E-state index >= 15 is 0 Å². The number of hydrogen-bond acceptors (Lipinski definition) is 2. The first-order valence-corrected chi connectivity index (χ1v) is 6.10. The van der Waals surface area contributed by atoms with Crippen molar-refractivity contribution in [2.24, 2.45) is 5.92 Å². The van der Waals surface area contributed by atoms with Gasteiger partial charge in [-0.15, -0.1) is 0 Å². The highest BCUT2D eigenvalue weighted by atomic mass is 35.5. The van der Waals surface area contributed by atoms with E-state index in [-0.39, 0.29) is 5.56 Å². The molecule has 0 spiro atoms. The standard InChI is InChI=1S/C11H22ClNO/c1-10(2)9-14-11(12)5-8-13-6-3-4-7-13/h10-11H,3-9H2,1-2H3. The molecule has 2 nitrogen and oxygen atoms in total. The Labute approximate surface area is 92.6 Å². The number of nitrogens with zero attached hydrogens (tertiary/aromatic N) is 1. The minimum absolute atomic E-state index is 0.0991. The van der Waals surface area contributed by atoms with Gasteiger partial charge in [-0.2, -0.15) is 0 Å². The van der Waals surface area contributed by atoms with Gasteiger partial charge >= 0.3 is 0 Å². The highest BCUT2D eigenvalue weighted by Crippen LogP contribution is 2.12. The van der Waals surface area contributed by atoms with Gasteiger partial charge in [0.15, 0.2) is 0 Å². The fraction of sp³-hybridized carbons (Fsp3) is 1.00. The Morgan fingerprint density at radius 1 is 1.29 bits per heavy atom. The lowest BCUT2D eigenvalue weighted by Gasteiger charge is -2.17. The molecule has 1 saturated heterocycles. The van der Waals surface area contributed by atoms with Crippen molar-refractivity contribution in [1.29, 1.82) is 0 Å². The second kappa shape index (κ2) is 6.65. The summed E-state index contributed by atoms with van der Waals surface area (Å²) in [4.78, 5) is 2.47. The first-order chi connectivity index (χ1) is 6.68. The van der Waals surface area contributed by atoms with Crippen LogP contribution in [0.5, 0.6) is 0 Å². The molecule has 1 unspecified atom stereocenters. The number of halogens is 1. The summed E-state index contributed by atoms with van der Waals surface area (Å²) in [6.07, 6.45) is 3.65. The number of rotatable bonds is 6. The summed E-state index contributed by atoms with van der Waals surface area (Å²) in [5, 5.41) is 0. The molecule has 1 atom stereocenters. The minimum atomic E-state index is -0.0991. The molecule has 0 aromatic rings. The van der Waals surface area contributed by atoms with E-state index in [9.17, 15) is 0 Å². The quantitative estimate of drug-likeness (QED) is 0.637. The zero-order chi connectivity index (χ0) is 10.4. The summed E-state index contributed by atoms with van der Waals surface area (Å²) >= 11 is 6.05. The molecule has 1 heterocycles. The maximum Gasteiger partial charge on any atom is 0.132 e.